The summed E-state index contributed by atoms with van der Waals surface area (Å²) in [5, 5.41) is 8.63. The highest BCUT2D eigenvalue weighted by Gasteiger charge is 2.31. The van der Waals surface area contributed by atoms with Crippen molar-refractivity contribution in [1.82, 2.24) is 25.0 Å². The van der Waals surface area contributed by atoms with Crippen LogP contribution in [0.25, 0.3) is 5.69 Å². The van der Waals surface area contributed by atoms with Crippen molar-refractivity contribution in [2.45, 2.75) is 32.9 Å². The summed E-state index contributed by atoms with van der Waals surface area (Å²) in [6.45, 7) is 7.24. The zero-order valence-corrected chi connectivity index (χ0v) is 16.5. The predicted molar refractivity (Wildman–Crippen MR) is 101 cm³/mol. The van der Waals surface area contributed by atoms with Gasteiger partial charge in [-0.25, -0.2) is 9.67 Å². The lowest BCUT2D eigenvalue weighted by Gasteiger charge is -2.37. The number of halogens is 3. The average Bonchev–Trinajstić information content (AvgIpc) is 2.91. The highest BCUT2D eigenvalue weighted by Crippen LogP contribution is 2.28. The number of para-hydroxylation sites is 1. The molecule has 1 aromatic heterocycles. The van der Waals surface area contributed by atoms with E-state index in [2.05, 4.69) is 22.3 Å². The third-order valence-corrected chi connectivity index (χ3v) is 5.01. The average molecular weight is 405 g/mol. The summed E-state index contributed by atoms with van der Waals surface area (Å²) in [4.78, 5) is 18.9. The van der Waals surface area contributed by atoms with Crippen LogP contribution in [0.1, 0.15) is 30.3 Å². The molecule has 0 radical (unpaired) electrons. The molecule has 9 heteroatoms. The predicted octanol–water partition coefficient (Wildman–Crippen LogP) is 3.13. The Morgan fingerprint density at radius 3 is 2.56 bits per heavy atom. The van der Waals surface area contributed by atoms with Gasteiger partial charge in [0.25, 0.3) is 5.91 Å². The number of amides is 1. The third-order valence-electron chi connectivity index (χ3n) is 4.40. The molecule has 3 rings (SSSR count). The minimum atomic E-state index is -0.180. The van der Waals surface area contributed by atoms with Crippen LogP contribution < -0.4 is 5.32 Å². The number of nitrogens with one attached hydrogen (secondary N) is 1. The first-order valence-corrected chi connectivity index (χ1v) is 8.58. The number of nitrogens with zero attached hydrogens (tertiary/aromatic N) is 4. The van der Waals surface area contributed by atoms with Gasteiger partial charge in [0.1, 0.15) is 11.5 Å². The fraction of sp³-hybridized carbons (Fsp3) is 0.438. The maximum atomic E-state index is 12.8. The number of hydrogen-bond donors (Lipinski definition) is 1. The highest BCUT2D eigenvalue weighted by molar-refractivity contribution is 6.37. The molecule has 2 aromatic rings. The molecular weight excluding hydrogens is 385 g/mol. The molecule has 1 saturated heterocycles. The summed E-state index contributed by atoms with van der Waals surface area (Å²) < 4.78 is 1.52. The molecule has 1 fully saturated rings. The summed E-state index contributed by atoms with van der Waals surface area (Å²) >= 11 is 12.5. The molecule has 1 aromatic carbocycles. The van der Waals surface area contributed by atoms with E-state index >= 15 is 0 Å². The lowest BCUT2D eigenvalue weighted by atomic mass is 10.1. The van der Waals surface area contributed by atoms with Crippen LogP contribution >= 0.6 is 35.6 Å². The molecule has 6 nitrogen and oxygen atoms in total. The first-order chi connectivity index (χ1) is 11.4. The summed E-state index contributed by atoms with van der Waals surface area (Å²) in [5.74, 6) is 0.537. The van der Waals surface area contributed by atoms with Gasteiger partial charge in [-0.3, -0.25) is 4.79 Å². The maximum Gasteiger partial charge on any atom is 0.293 e. The van der Waals surface area contributed by atoms with Crippen LogP contribution in [0.15, 0.2) is 18.2 Å². The molecule has 1 amide bonds. The number of carbonyl (C=O) groups excluding carboxylic acids is 1. The highest BCUT2D eigenvalue weighted by atomic mass is 35.5. The molecule has 2 unspecified atom stereocenters. The number of benzene rings is 1. The molecule has 0 saturated carbocycles. The van der Waals surface area contributed by atoms with E-state index in [1.165, 1.54) is 4.68 Å². The summed E-state index contributed by atoms with van der Waals surface area (Å²) in [7, 11) is 0. The molecule has 0 spiro atoms. The van der Waals surface area contributed by atoms with Crippen LogP contribution in [0, 0.1) is 6.92 Å². The van der Waals surface area contributed by atoms with Crippen LogP contribution in [-0.4, -0.2) is 50.7 Å². The minimum absolute atomic E-state index is 0. The van der Waals surface area contributed by atoms with Crippen molar-refractivity contribution < 1.29 is 4.79 Å². The topological polar surface area (TPSA) is 63.1 Å². The van der Waals surface area contributed by atoms with E-state index in [0.717, 1.165) is 6.54 Å². The molecule has 136 valence electrons. The van der Waals surface area contributed by atoms with Crippen LogP contribution in [0.5, 0.6) is 0 Å². The Kier molecular flexibility index (Phi) is 6.32. The molecule has 2 heterocycles. The van der Waals surface area contributed by atoms with Crippen molar-refractivity contribution in [3.63, 3.8) is 0 Å². The molecule has 25 heavy (non-hydrogen) atoms. The van der Waals surface area contributed by atoms with Crippen LogP contribution in [0.2, 0.25) is 10.0 Å². The van der Waals surface area contributed by atoms with E-state index in [1.54, 1.807) is 30.0 Å². The number of aryl methyl sites for hydroxylation is 1. The Bertz CT molecular complexity index is 759. The van der Waals surface area contributed by atoms with E-state index in [1.807, 2.05) is 6.92 Å². The fourth-order valence-electron chi connectivity index (χ4n) is 2.86. The quantitative estimate of drug-likeness (QED) is 0.835. The zero-order valence-electron chi connectivity index (χ0n) is 14.2. The Morgan fingerprint density at radius 1 is 1.28 bits per heavy atom. The van der Waals surface area contributed by atoms with Gasteiger partial charge in [-0.1, -0.05) is 29.3 Å². The summed E-state index contributed by atoms with van der Waals surface area (Å²) in [6.07, 6.45) is 0. The SMILES string of the molecule is Cc1nc(C(=O)N2CCNC(C)C2C)nn1-c1c(Cl)cccc1Cl.Cl. The van der Waals surface area contributed by atoms with E-state index in [-0.39, 0.29) is 36.2 Å². The molecular formula is C16H20Cl3N5O. The first-order valence-electron chi connectivity index (χ1n) is 7.82. The van der Waals surface area contributed by atoms with Crippen LogP contribution in [0.4, 0.5) is 0 Å². The second-order valence-electron chi connectivity index (χ2n) is 5.95. The second-order valence-corrected chi connectivity index (χ2v) is 6.76. The van der Waals surface area contributed by atoms with Gasteiger partial charge in [-0.15, -0.1) is 17.5 Å². The van der Waals surface area contributed by atoms with E-state index in [4.69, 9.17) is 23.2 Å². The fourth-order valence-corrected chi connectivity index (χ4v) is 3.41. The monoisotopic (exact) mass is 403 g/mol. The van der Waals surface area contributed by atoms with Crippen molar-refractivity contribution in [3.8, 4) is 5.69 Å². The van der Waals surface area contributed by atoms with Gasteiger partial charge in [-0.05, 0) is 32.9 Å². The Morgan fingerprint density at radius 2 is 1.92 bits per heavy atom. The molecule has 2 atom stereocenters. The van der Waals surface area contributed by atoms with Crippen molar-refractivity contribution in [2.24, 2.45) is 0 Å². The van der Waals surface area contributed by atoms with Crippen LogP contribution in [0.3, 0.4) is 0 Å². The maximum absolute atomic E-state index is 12.8. The van der Waals surface area contributed by atoms with Crippen molar-refractivity contribution in [2.75, 3.05) is 13.1 Å². The summed E-state index contributed by atoms with van der Waals surface area (Å²) in [5.41, 5.74) is 0.534. The van der Waals surface area contributed by atoms with Gasteiger partial charge >= 0.3 is 0 Å². The van der Waals surface area contributed by atoms with Gasteiger partial charge in [0.05, 0.1) is 10.0 Å². The van der Waals surface area contributed by atoms with Gasteiger partial charge < -0.3 is 10.2 Å². The molecule has 0 aliphatic carbocycles. The normalized spacial score (nSPS) is 20.3. The van der Waals surface area contributed by atoms with E-state index in [9.17, 15) is 4.79 Å². The standard InChI is InChI=1S/C16H19Cl2N5O.ClH/c1-9-10(2)22(8-7-19-9)16(24)15-20-11(3)23(21-15)14-12(17)5-4-6-13(14)18;/h4-6,9-10,19H,7-8H2,1-3H3;1H. The molecule has 1 N–H and O–H groups in total. The van der Waals surface area contributed by atoms with Crippen molar-refractivity contribution in [3.05, 3.63) is 39.9 Å². The zero-order chi connectivity index (χ0) is 17.4. The second kappa shape index (κ2) is 7.91. The Hall–Kier alpha value is -1.34. The lowest BCUT2D eigenvalue weighted by Crippen LogP contribution is -2.57. The van der Waals surface area contributed by atoms with Gasteiger partial charge in [0.2, 0.25) is 5.82 Å². The summed E-state index contributed by atoms with van der Waals surface area (Å²) in [6, 6.07) is 5.51. The smallest absolute Gasteiger partial charge is 0.293 e. The van der Waals surface area contributed by atoms with Gasteiger partial charge in [0, 0.05) is 25.2 Å². The van der Waals surface area contributed by atoms with Crippen molar-refractivity contribution in [1.29, 1.82) is 0 Å². The minimum Gasteiger partial charge on any atom is -0.330 e. The Labute approximate surface area is 162 Å². The van der Waals surface area contributed by atoms with Crippen LogP contribution in [-0.2, 0) is 0 Å². The number of hydrogen-bond acceptors (Lipinski definition) is 4. The van der Waals surface area contributed by atoms with E-state index in [0.29, 0.717) is 28.1 Å². The van der Waals surface area contributed by atoms with E-state index < -0.39 is 0 Å². The number of aromatic nitrogens is 3. The third kappa shape index (κ3) is 3.77. The number of carbonyl (C=O) groups is 1. The number of piperazine rings is 1. The Balaban J connectivity index is 0.00000225. The molecule has 1 aliphatic heterocycles. The first kappa shape index (κ1) is 20.0. The molecule has 1 aliphatic rings. The lowest BCUT2D eigenvalue weighted by molar-refractivity contribution is 0.0590. The number of rotatable bonds is 2. The van der Waals surface area contributed by atoms with Crippen molar-refractivity contribution >= 4 is 41.5 Å². The van der Waals surface area contributed by atoms with Gasteiger partial charge in [-0.2, -0.15) is 0 Å². The van der Waals surface area contributed by atoms with Gasteiger partial charge in [0.15, 0.2) is 0 Å². The largest absolute Gasteiger partial charge is 0.330 e. The molecule has 0 bridgehead atoms.